The normalized spacial score (nSPS) is 11.6. The molecular weight excluding hydrogens is 374 g/mol. The summed E-state index contributed by atoms with van der Waals surface area (Å²) in [5, 5.41) is 0.655. The average Bonchev–Trinajstić information content (AvgIpc) is 3.22. The smallest absolute Gasteiger partial charge is 0.258 e. The van der Waals surface area contributed by atoms with Gasteiger partial charge in [-0.05, 0) is 40.6 Å². The van der Waals surface area contributed by atoms with E-state index in [4.69, 9.17) is 9.40 Å². The van der Waals surface area contributed by atoms with Crippen molar-refractivity contribution in [3.63, 3.8) is 0 Å². The quantitative estimate of drug-likeness (QED) is 0.240. The molecule has 0 saturated carbocycles. The molecule has 1 aromatic heterocycles. The summed E-state index contributed by atoms with van der Waals surface area (Å²) in [6.45, 7) is 0. The molecule has 0 atom stereocenters. The number of hydrogen-bond acceptors (Lipinski definition) is 3. The van der Waals surface area contributed by atoms with Crippen molar-refractivity contribution in [1.29, 1.82) is 0 Å². The minimum atomic E-state index is -0.481. The molecule has 140 valence electrons. The summed E-state index contributed by atoms with van der Waals surface area (Å²) in [6, 6.07) is 39.6. The van der Waals surface area contributed by atoms with Gasteiger partial charge in [0.25, 0.3) is 5.22 Å². The van der Waals surface area contributed by atoms with E-state index in [1.165, 1.54) is 16.7 Å². The number of benzene rings is 4. The number of fused-ring (bicyclic) bond motifs is 1. The van der Waals surface area contributed by atoms with Gasteiger partial charge in [0.05, 0.1) is 4.75 Å². The maximum absolute atomic E-state index is 6.14. The Morgan fingerprint density at radius 3 is 1.48 bits per heavy atom. The molecule has 0 spiro atoms. The van der Waals surface area contributed by atoms with Crippen LogP contribution in [0, 0.1) is 0 Å². The van der Waals surface area contributed by atoms with Crippen LogP contribution >= 0.6 is 11.8 Å². The Morgan fingerprint density at radius 1 is 0.552 bits per heavy atom. The fourth-order valence-electron chi connectivity index (χ4n) is 3.72. The molecule has 29 heavy (non-hydrogen) atoms. The average molecular weight is 394 g/mol. The van der Waals surface area contributed by atoms with Crippen LogP contribution in [0.5, 0.6) is 0 Å². The van der Waals surface area contributed by atoms with Crippen LogP contribution in [0.25, 0.3) is 11.1 Å². The zero-order valence-corrected chi connectivity index (χ0v) is 16.5. The molecule has 0 radical (unpaired) electrons. The fraction of sp³-hybridized carbons (Fsp3) is 0.0385. The third-order valence-electron chi connectivity index (χ3n) is 5.06. The first-order chi connectivity index (χ1) is 14.4. The minimum absolute atomic E-state index is 0.481. The van der Waals surface area contributed by atoms with Crippen molar-refractivity contribution in [1.82, 2.24) is 4.98 Å². The summed E-state index contributed by atoms with van der Waals surface area (Å²) in [6.07, 6.45) is 0. The summed E-state index contributed by atoms with van der Waals surface area (Å²) in [4.78, 5) is 4.77. The van der Waals surface area contributed by atoms with Crippen molar-refractivity contribution >= 4 is 22.9 Å². The maximum Gasteiger partial charge on any atom is 0.258 e. The van der Waals surface area contributed by atoms with Crippen molar-refractivity contribution in [2.24, 2.45) is 0 Å². The molecule has 2 nitrogen and oxygen atoms in total. The molecule has 4 aromatic carbocycles. The van der Waals surface area contributed by atoms with E-state index in [0.29, 0.717) is 5.22 Å². The zero-order valence-electron chi connectivity index (χ0n) is 15.7. The lowest BCUT2D eigenvalue weighted by Crippen LogP contribution is -2.25. The van der Waals surface area contributed by atoms with E-state index in [0.717, 1.165) is 11.1 Å². The number of oxazole rings is 1. The SMILES string of the molecule is c1ccc(C(Sc2nc3ccccc3o2)(c2ccccc2)c2ccccc2)cc1. The van der Waals surface area contributed by atoms with Gasteiger partial charge in [-0.1, -0.05) is 103 Å². The molecule has 0 aliphatic heterocycles. The van der Waals surface area contributed by atoms with Crippen LogP contribution in [0.2, 0.25) is 0 Å². The van der Waals surface area contributed by atoms with Crippen LogP contribution in [0.15, 0.2) is 125 Å². The van der Waals surface area contributed by atoms with Gasteiger partial charge < -0.3 is 4.42 Å². The number of nitrogens with zero attached hydrogens (tertiary/aromatic N) is 1. The second-order valence-electron chi connectivity index (χ2n) is 6.83. The van der Waals surface area contributed by atoms with E-state index >= 15 is 0 Å². The largest absolute Gasteiger partial charge is 0.431 e. The summed E-state index contributed by atoms with van der Waals surface area (Å²) in [5.74, 6) is 0. The van der Waals surface area contributed by atoms with E-state index in [9.17, 15) is 0 Å². The molecule has 0 aliphatic rings. The van der Waals surface area contributed by atoms with Crippen molar-refractivity contribution in [2.45, 2.75) is 9.97 Å². The molecule has 3 heteroatoms. The van der Waals surface area contributed by atoms with E-state index in [-0.39, 0.29) is 0 Å². The van der Waals surface area contributed by atoms with Crippen molar-refractivity contribution in [3.8, 4) is 0 Å². The van der Waals surface area contributed by atoms with Crippen LogP contribution in [0.4, 0.5) is 0 Å². The molecule has 0 N–H and O–H groups in total. The van der Waals surface area contributed by atoms with Crippen molar-refractivity contribution < 1.29 is 4.42 Å². The molecule has 0 saturated heterocycles. The molecular formula is C26H19NOS. The van der Waals surface area contributed by atoms with Gasteiger partial charge in [0.15, 0.2) is 5.58 Å². The van der Waals surface area contributed by atoms with Crippen LogP contribution in [0.3, 0.4) is 0 Å². The fourth-order valence-corrected chi connectivity index (χ4v) is 5.02. The highest BCUT2D eigenvalue weighted by atomic mass is 32.2. The Hall–Kier alpha value is -3.30. The second-order valence-corrected chi connectivity index (χ2v) is 7.99. The first-order valence-electron chi connectivity index (χ1n) is 9.57. The van der Waals surface area contributed by atoms with Crippen molar-refractivity contribution in [3.05, 3.63) is 132 Å². The first-order valence-corrected chi connectivity index (χ1v) is 10.4. The van der Waals surface area contributed by atoms with E-state index in [1.807, 2.05) is 42.5 Å². The van der Waals surface area contributed by atoms with Gasteiger partial charge in [0, 0.05) is 0 Å². The highest BCUT2D eigenvalue weighted by Crippen LogP contribution is 2.51. The van der Waals surface area contributed by atoms with Gasteiger partial charge in [-0.3, -0.25) is 0 Å². The van der Waals surface area contributed by atoms with E-state index in [1.54, 1.807) is 11.8 Å². The van der Waals surface area contributed by atoms with Crippen LogP contribution in [-0.2, 0) is 4.75 Å². The standard InChI is InChI=1S/C26H19NOS/c1-4-12-20(13-5-1)26(21-14-6-2-7-15-21,22-16-8-3-9-17-22)29-25-27-23-18-10-11-19-24(23)28-25/h1-19H. The first kappa shape index (κ1) is 17.8. The minimum Gasteiger partial charge on any atom is -0.431 e. The third kappa shape index (κ3) is 3.24. The summed E-state index contributed by atoms with van der Waals surface area (Å²) >= 11 is 1.64. The predicted molar refractivity (Wildman–Crippen MR) is 119 cm³/mol. The van der Waals surface area contributed by atoms with Crippen LogP contribution < -0.4 is 0 Å². The van der Waals surface area contributed by atoms with Gasteiger partial charge in [-0.15, -0.1) is 0 Å². The Labute approximate surface area is 174 Å². The van der Waals surface area contributed by atoms with Gasteiger partial charge >= 0.3 is 0 Å². The Balaban J connectivity index is 1.77. The molecule has 0 aliphatic carbocycles. The Morgan fingerprint density at radius 2 is 1.00 bits per heavy atom. The molecule has 0 amide bonds. The molecule has 0 fully saturated rings. The van der Waals surface area contributed by atoms with Gasteiger partial charge in [0.1, 0.15) is 5.52 Å². The van der Waals surface area contributed by atoms with Crippen molar-refractivity contribution in [2.75, 3.05) is 0 Å². The Bertz CT molecular complexity index is 1090. The number of hydrogen-bond donors (Lipinski definition) is 0. The second kappa shape index (κ2) is 7.61. The molecule has 5 aromatic rings. The summed E-state index contributed by atoms with van der Waals surface area (Å²) < 4.78 is 5.66. The van der Waals surface area contributed by atoms with Crippen LogP contribution in [0.1, 0.15) is 16.7 Å². The number of para-hydroxylation sites is 2. The van der Waals surface area contributed by atoms with Gasteiger partial charge in [-0.25, -0.2) is 4.98 Å². The molecule has 1 heterocycles. The lowest BCUT2D eigenvalue weighted by Gasteiger charge is -2.34. The molecule has 0 unspecified atom stereocenters. The van der Waals surface area contributed by atoms with Crippen LogP contribution in [-0.4, -0.2) is 4.98 Å². The maximum atomic E-state index is 6.14. The monoisotopic (exact) mass is 393 g/mol. The van der Waals surface area contributed by atoms with E-state index < -0.39 is 4.75 Å². The molecule has 5 rings (SSSR count). The third-order valence-corrected chi connectivity index (χ3v) is 6.42. The number of thioether (sulfide) groups is 1. The van der Waals surface area contributed by atoms with Gasteiger partial charge in [-0.2, -0.15) is 0 Å². The number of rotatable bonds is 5. The lowest BCUT2D eigenvalue weighted by molar-refractivity contribution is 0.487. The highest BCUT2D eigenvalue weighted by molar-refractivity contribution is 8.00. The van der Waals surface area contributed by atoms with E-state index in [2.05, 4.69) is 72.8 Å². The lowest BCUT2D eigenvalue weighted by atomic mass is 9.84. The highest BCUT2D eigenvalue weighted by Gasteiger charge is 2.39. The Kier molecular flexibility index (Phi) is 4.66. The molecule has 0 bridgehead atoms. The summed E-state index contributed by atoms with van der Waals surface area (Å²) in [7, 11) is 0. The summed E-state index contributed by atoms with van der Waals surface area (Å²) in [5.41, 5.74) is 5.23. The zero-order chi connectivity index (χ0) is 19.5. The van der Waals surface area contributed by atoms with Gasteiger partial charge in [0.2, 0.25) is 0 Å². The number of aromatic nitrogens is 1. The topological polar surface area (TPSA) is 26.0 Å². The predicted octanol–water partition coefficient (Wildman–Crippen LogP) is 6.91.